The number of rotatable bonds is 5. The zero-order valence-corrected chi connectivity index (χ0v) is 9.48. The molecule has 1 fully saturated rings. The summed E-state index contributed by atoms with van der Waals surface area (Å²) >= 11 is 0. The quantitative estimate of drug-likeness (QED) is 0.595. The summed E-state index contributed by atoms with van der Waals surface area (Å²) in [5.74, 6) is -0.0980. The van der Waals surface area contributed by atoms with Gasteiger partial charge in [-0.05, 0) is 19.4 Å². The second kappa shape index (κ2) is 5.58. The Hall–Kier alpha value is -1.69. The molecule has 6 heteroatoms. The summed E-state index contributed by atoms with van der Waals surface area (Å²) in [6, 6.07) is -0.649. The molecule has 2 rings (SSSR count). The molecule has 0 aromatic carbocycles. The first-order valence-corrected chi connectivity index (χ1v) is 5.76. The fraction of sp³-hybridized carbons (Fsp3) is 0.545. The second-order valence-electron chi connectivity index (χ2n) is 4.18. The number of aromatic amines is 1. The highest BCUT2D eigenvalue weighted by molar-refractivity contribution is 5.84. The van der Waals surface area contributed by atoms with E-state index in [-0.39, 0.29) is 11.9 Å². The van der Waals surface area contributed by atoms with Crippen molar-refractivity contribution in [3.8, 4) is 0 Å². The van der Waals surface area contributed by atoms with Crippen molar-refractivity contribution < 1.29 is 9.59 Å². The molecular weight excluding hydrogens is 220 g/mol. The zero-order chi connectivity index (χ0) is 12.1. The Bertz CT molecular complexity index is 371. The average Bonchev–Trinajstić information content (AvgIpc) is 3.00. The van der Waals surface area contributed by atoms with E-state index in [0.29, 0.717) is 6.42 Å². The summed E-state index contributed by atoms with van der Waals surface area (Å²) in [6.07, 6.45) is 6.25. The van der Waals surface area contributed by atoms with E-state index in [1.165, 1.54) is 0 Å². The van der Waals surface area contributed by atoms with E-state index >= 15 is 0 Å². The van der Waals surface area contributed by atoms with Crippen molar-refractivity contribution in [1.29, 1.82) is 0 Å². The fourth-order valence-corrected chi connectivity index (χ4v) is 1.96. The van der Waals surface area contributed by atoms with Crippen molar-refractivity contribution in [3.05, 3.63) is 18.2 Å². The summed E-state index contributed by atoms with van der Waals surface area (Å²) in [6.45, 7) is 0.865. The Kier molecular flexibility index (Phi) is 3.87. The smallest absolute Gasteiger partial charge is 0.237 e. The molecule has 6 nitrogen and oxygen atoms in total. The first-order chi connectivity index (χ1) is 8.29. The van der Waals surface area contributed by atoms with E-state index in [4.69, 9.17) is 0 Å². The number of carbonyl (C=O) groups excluding carboxylic acids is 2. The Morgan fingerprint density at radius 3 is 3.18 bits per heavy atom. The SMILES string of the molecule is O=CC(Cc1cnc[nH]1)NC(=O)[C@@H]1CCCN1. The Morgan fingerprint density at radius 2 is 2.59 bits per heavy atom. The molecule has 1 aromatic heterocycles. The number of imidazole rings is 1. The van der Waals surface area contributed by atoms with Crippen molar-refractivity contribution >= 4 is 12.2 Å². The molecular formula is C11H16N4O2. The van der Waals surface area contributed by atoms with Gasteiger partial charge in [-0.2, -0.15) is 0 Å². The number of hydrogen-bond donors (Lipinski definition) is 3. The van der Waals surface area contributed by atoms with Crippen LogP contribution in [0.5, 0.6) is 0 Å². The summed E-state index contributed by atoms with van der Waals surface area (Å²) in [7, 11) is 0. The van der Waals surface area contributed by atoms with Crippen LogP contribution < -0.4 is 10.6 Å². The van der Waals surface area contributed by atoms with Gasteiger partial charge < -0.3 is 20.4 Å². The van der Waals surface area contributed by atoms with Gasteiger partial charge in [0.1, 0.15) is 6.29 Å². The monoisotopic (exact) mass is 236 g/mol. The predicted octanol–water partition coefficient (Wildman–Crippen LogP) is -0.612. The van der Waals surface area contributed by atoms with Gasteiger partial charge in [0.05, 0.1) is 18.4 Å². The molecule has 1 aromatic rings. The van der Waals surface area contributed by atoms with Crippen LogP contribution in [0.2, 0.25) is 0 Å². The second-order valence-corrected chi connectivity index (χ2v) is 4.18. The topological polar surface area (TPSA) is 86.9 Å². The van der Waals surface area contributed by atoms with Crippen LogP contribution in [0.25, 0.3) is 0 Å². The minimum atomic E-state index is -0.495. The van der Waals surface area contributed by atoms with E-state index in [1.54, 1.807) is 12.5 Å². The molecule has 92 valence electrons. The van der Waals surface area contributed by atoms with Gasteiger partial charge in [-0.25, -0.2) is 4.98 Å². The molecule has 1 saturated heterocycles. The number of nitrogens with one attached hydrogen (secondary N) is 3. The predicted molar refractivity (Wildman–Crippen MR) is 61.3 cm³/mol. The third-order valence-electron chi connectivity index (χ3n) is 2.86. The van der Waals surface area contributed by atoms with Crippen LogP contribution in [0.3, 0.4) is 0 Å². The number of amides is 1. The van der Waals surface area contributed by atoms with Crippen LogP contribution >= 0.6 is 0 Å². The number of carbonyl (C=O) groups is 2. The van der Waals surface area contributed by atoms with E-state index < -0.39 is 6.04 Å². The lowest BCUT2D eigenvalue weighted by atomic mass is 10.1. The minimum Gasteiger partial charge on any atom is -0.348 e. The summed E-state index contributed by atoms with van der Waals surface area (Å²) in [5.41, 5.74) is 0.835. The van der Waals surface area contributed by atoms with E-state index in [0.717, 1.165) is 31.4 Å². The number of H-pyrrole nitrogens is 1. The third-order valence-corrected chi connectivity index (χ3v) is 2.86. The van der Waals surface area contributed by atoms with Crippen molar-refractivity contribution in [3.63, 3.8) is 0 Å². The lowest BCUT2D eigenvalue weighted by molar-refractivity contribution is -0.125. The maximum Gasteiger partial charge on any atom is 0.237 e. The van der Waals surface area contributed by atoms with Crippen LogP contribution in [-0.2, 0) is 16.0 Å². The molecule has 1 aliphatic rings. The first-order valence-electron chi connectivity index (χ1n) is 5.76. The molecule has 0 aliphatic carbocycles. The van der Waals surface area contributed by atoms with Gasteiger partial charge in [-0.15, -0.1) is 0 Å². The highest BCUT2D eigenvalue weighted by atomic mass is 16.2. The molecule has 17 heavy (non-hydrogen) atoms. The molecule has 0 radical (unpaired) electrons. The van der Waals surface area contributed by atoms with Gasteiger partial charge >= 0.3 is 0 Å². The minimum absolute atomic E-state index is 0.0980. The van der Waals surface area contributed by atoms with Crippen LogP contribution in [0.4, 0.5) is 0 Å². The van der Waals surface area contributed by atoms with E-state index in [2.05, 4.69) is 20.6 Å². The van der Waals surface area contributed by atoms with Crippen molar-refractivity contribution in [1.82, 2.24) is 20.6 Å². The molecule has 1 unspecified atom stereocenters. The van der Waals surface area contributed by atoms with Crippen LogP contribution in [0.15, 0.2) is 12.5 Å². The molecule has 0 bridgehead atoms. The Morgan fingerprint density at radius 1 is 1.71 bits per heavy atom. The van der Waals surface area contributed by atoms with Gasteiger partial charge in [0.2, 0.25) is 5.91 Å². The van der Waals surface area contributed by atoms with Gasteiger partial charge in [0.15, 0.2) is 0 Å². The largest absolute Gasteiger partial charge is 0.348 e. The maximum atomic E-state index is 11.8. The maximum absolute atomic E-state index is 11.8. The van der Waals surface area contributed by atoms with E-state index in [1.807, 2.05) is 0 Å². The van der Waals surface area contributed by atoms with Gasteiger partial charge in [0.25, 0.3) is 0 Å². The standard InChI is InChI=1S/C11H16N4O2/c16-6-9(4-8-5-12-7-14-8)15-11(17)10-2-1-3-13-10/h5-7,9-10,13H,1-4H2,(H,12,14)(H,15,17)/t9?,10-/m0/s1. The van der Waals surface area contributed by atoms with Crippen LogP contribution in [0.1, 0.15) is 18.5 Å². The lowest BCUT2D eigenvalue weighted by Crippen LogP contribution is -2.46. The number of hydrogen-bond acceptors (Lipinski definition) is 4. The lowest BCUT2D eigenvalue weighted by Gasteiger charge is -2.15. The van der Waals surface area contributed by atoms with Crippen molar-refractivity contribution in [2.45, 2.75) is 31.3 Å². The van der Waals surface area contributed by atoms with Crippen molar-refractivity contribution in [2.24, 2.45) is 0 Å². The van der Waals surface area contributed by atoms with Crippen LogP contribution in [0, 0.1) is 0 Å². The molecule has 0 spiro atoms. The zero-order valence-electron chi connectivity index (χ0n) is 9.48. The molecule has 1 amide bonds. The number of nitrogens with zero attached hydrogens (tertiary/aromatic N) is 1. The van der Waals surface area contributed by atoms with Gasteiger partial charge in [0, 0.05) is 18.3 Å². The first kappa shape index (κ1) is 11.8. The third kappa shape index (κ3) is 3.13. The molecule has 2 atom stereocenters. The fourth-order valence-electron chi connectivity index (χ4n) is 1.96. The normalized spacial score (nSPS) is 21.1. The summed E-state index contributed by atoms with van der Waals surface area (Å²) in [5, 5.41) is 5.83. The van der Waals surface area contributed by atoms with Gasteiger partial charge in [-0.1, -0.05) is 0 Å². The van der Waals surface area contributed by atoms with Crippen LogP contribution in [-0.4, -0.2) is 40.8 Å². The molecule has 2 heterocycles. The highest BCUT2D eigenvalue weighted by Crippen LogP contribution is 2.05. The van der Waals surface area contributed by atoms with Crippen molar-refractivity contribution in [2.75, 3.05) is 6.54 Å². The number of aromatic nitrogens is 2. The Labute approximate surface area is 99.2 Å². The molecule has 0 saturated carbocycles. The summed E-state index contributed by atoms with van der Waals surface area (Å²) < 4.78 is 0. The van der Waals surface area contributed by atoms with Gasteiger partial charge in [-0.3, -0.25) is 4.79 Å². The number of aldehydes is 1. The summed E-state index contributed by atoms with van der Waals surface area (Å²) in [4.78, 5) is 29.5. The molecule has 3 N–H and O–H groups in total. The van der Waals surface area contributed by atoms with E-state index in [9.17, 15) is 9.59 Å². The highest BCUT2D eigenvalue weighted by Gasteiger charge is 2.24. The average molecular weight is 236 g/mol. The molecule has 1 aliphatic heterocycles. The Balaban J connectivity index is 1.86.